The summed E-state index contributed by atoms with van der Waals surface area (Å²) in [6.45, 7) is 3.30. The lowest BCUT2D eigenvalue weighted by Crippen LogP contribution is -2.35. The molecule has 0 saturated carbocycles. The van der Waals surface area contributed by atoms with Crippen LogP contribution in [0.15, 0.2) is 24.3 Å². The molecule has 3 rings (SSSR count). The Hall–Kier alpha value is -2.30. The first-order chi connectivity index (χ1) is 10.7. The maximum Gasteiger partial charge on any atom is 0.306 e. The van der Waals surface area contributed by atoms with Gasteiger partial charge in [0.05, 0.1) is 19.4 Å². The van der Waals surface area contributed by atoms with Crippen LogP contribution in [0.4, 0.5) is 0 Å². The summed E-state index contributed by atoms with van der Waals surface area (Å²) < 4.78 is 4.78. The van der Waals surface area contributed by atoms with Crippen molar-refractivity contribution < 1.29 is 14.3 Å². The molecule has 2 heterocycles. The molecule has 22 heavy (non-hydrogen) atoms. The number of hydrogen-bond acceptors (Lipinski definition) is 3. The van der Waals surface area contributed by atoms with Gasteiger partial charge in [0.15, 0.2) is 0 Å². The average Bonchev–Trinajstić information content (AvgIpc) is 2.85. The topological polar surface area (TPSA) is 62.4 Å². The van der Waals surface area contributed by atoms with Gasteiger partial charge >= 0.3 is 5.97 Å². The van der Waals surface area contributed by atoms with Crippen molar-refractivity contribution in [3.63, 3.8) is 0 Å². The number of benzene rings is 1. The number of para-hydroxylation sites is 1. The standard InChI is InChI=1S/C17H20N2O3/c1-3-19-9-8-12-11-6-4-5-7-14(11)18-16(12)13(17(19)21)10-15(20)22-2/h4-7,13,18H,3,8-10H2,1-2H3. The molecule has 0 saturated heterocycles. The van der Waals surface area contributed by atoms with Crippen LogP contribution in [0.1, 0.15) is 30.5 Å². The van der Waals surface area contributed by atoms with Gasteiger partial charge in [0.25, 0.3) is 0 Å². The Kier molecular flexibility index (Phi) is 3.88. The third-order valence-corrected chi connectivity index (χ3v) is 4.42. The summed E-state index contributed by atoms with van der Waals surface area (Å²) in [7, 11) is 1.35. The largest absolute Gasteiger partial charge is 0.469 e. The van der Waals surface area contributed by atoms with E-state index in [2.05, 4.69) is 11.1 Å². The molecule has 116 valence electrons. The number of fused-ring (bicyclic) bond motifs is 3. The van der Waals surface area contributed by atoms with Crippen molar-refractivity contribution in [3.05, 3.63) is 35.5 Å². The van der Waals surface area contributed by atoms with Crippen LogP contribution >= 0.6 is 0 Å². The molecule has 5 heteroatoms. The first-order valence-electron chi connectivity index (χ1n) is 7.60. The summed E-state index contributed by atoms with van der Waals surface area (Å²) in [4.78, 5) is 29.7. The van der Waals surface area contributed by atoms with E-state index in [1.54, 1.807) is 0 Å². The van der Waals surface area contributed by atoms with Gasteiger partial charge in [-0.15, -0.1) is 0 Å². The lowest BCUT2D eigenvalue weighted by Gasteiger charge is -2.22. The van der Waals surface area contributed by atoms with Gasteiger partial charge in [-0.05, 0) is 25.0 Å². The molecule has 1 amide bonds. The Morgan fingerprint density at radius 1 is 1.41 bits per heavy atom. The van der Waals surface area contributed by atoms with Crippen molar-refractivity contribution in [2.45, 2.75) is 25.7 Å². The highest BCUT2D eigenvalue weighted by molar-refractivity contribution is 5.93. The van der Waals surface area contributed by atoms with E-state index in [-0.39, 0.29) is 18.3 Å². The fourth-order valence-electron chi connectivity index (χ4n) is 3.24. The number of amides is 1. The zero-order chi connectivity index (χ0) is 15.7. The quantitative estimate of drug-likeness (QED) is 0.884. The van der Waals surface area contributed by atoms with Gasteiger partial charge in [-0.3, -0.25) is 9.59 Å². The number of likely N-dealkylation sites (N-methyl/N-ethyl adjacent to an activating group) is 1. The summed E-state index contributed by atoms with van der Waals surface area (Å²) in [5.41, 5.74) is 3.03. The minimum absolute atomic E-state index is 0.00166. The van der Waals surface area contributed by atoms with Crippen molar-refractivity contribution in [2.75, 3.05) is 20.2 Å². The number of nitrogens with zero attached hydrogens (tertiary/aromatic N) is 1. The SMILES string of the molecule is CCN1CCc2c([nH]c3ccccc23)C(CC(=O)OC)C1=O. The normalized spacial score (nSPS) is 18.2. The van der Waals surface area contributed by atoms with E-state index < -0.39 is 5.92 Å². The highest BCUT2D eigenvalue weighted by Crippen LogP contribution is 2.34. The summed E-state index contributed by atoms with van der Waals surface area (Å²) in [6.07, 6.45) is 0.877. The molecule has 1 aromatic heterocycles. The average molecular weight is 300 g/mol. The third-order valence-electron chi connectivity index (χ3n) is 4.42. The smallest absolute Gasteiger partial charge is 0.306 e. The van der Waals surface area contributed by atoms with Crippen molar-refractivity contribution >= 4 is 22.8 Å². The zero-order valence-corrected chi connectivity index (χ0v) is 12.9. The monoisotopic (exact) mass is 300 g/mol. The van der Waals surface area contributed by atoms with Gasteiger partial charge < -0.3 is 14.6 Å². The Bertz CT molecular complexity index is 720. The van der Waals surface area contributed by atoms with Gasteiger partial charge in [0.1, 0.15) is 0 Å². The van der Waals surface area contributed by atoms with Crippen LogP contribution in [0, 0.1) is 0 Å². The van der Waals surface area contributed by atoms with Gasteiger partial charge in [-0.25, -0.2) is 0 Å². The van der Waals surface area contributed by atoms with Crippen LogP contribution in [-0.2, 0) is 20.7 Å². The molecule has 2 aromatic rings. The molecule has 0 fully saturated rings. The number of aromatic amines is 1. The molecular formula is C17H20N2O3. The number of esters is 1. The van der Waals surface area contributed by atoms with E-state index >= 15 is 0 Å². The van der Waals surface area contributed by atoms with Gasteiger partial charge in [0, 0.05) is 29.7 Å². The number of rotatable bonds is 3. The van der Waals surface area contributed by atoms with E-state index in [1.807, 2.05) is 30.0 Å². The molecule has 1 N–H and O–H groups in total. The van der Waals surface area contributed by atoms with Crippen LogP contribution in [-0.4, -0.2) is 42.0 Å². The molecule has 1 aliphatic rings. The van der Waals surface area contributed by atoms with Crippen molar-refractivity contribution in [1.82, 2.24) is 9.88 Å². The number of H-pyrrole nitrogens is 1. The molecule has 5 nitrogen and oxygen atoms in total. The Labute approximate surface area is 129 Å². The molecule has 0 bridgehead atoms. The highest BCUT2D eigenvalue weighted by atomic mass is 16.5. The number of ether oxygens (including phenoxy) is 1. The van der Waals surface area contributed by atoms with Crippen molar-refractivity contribution in [1.29, 1.82) is 0 Å². The molecule has 1 unspecified atom stereocenters. The molecule has 1 aromatic carbocycles. The van der Waals surface area contributed by atoms with Crippen molar-refractivity contribution in [2.24, 2.45) is 0 Å². The van der Waals surface area contributed by atoms with Crippen LogP contribution in [0.25, 0.3) is 10.9 Å². The molecular weight excluding hydrogens is 280 g/mol. The second-order valence-electron chi connectivity index (χ2n) is 5.56. The summed E-state index contributed by atoms with van der Waals surface area (Å²) >= 11 is 0. The van der Waals surface area contributed by atoms with Crippen LogP contribution in [0.5, 0.6) is 0 Å². The van der Waals surface area contributed by atoms with E-state index in [0.717, 1.165) is 28.6 Å². The molecule has 0 radical (unpaired) electrons. The maximum absolute atomic E-state index is 12.8. The zero-order valence-electron chi connectivity index (χ0n) is 12.9. The number of carbonyl (C=O) groups is 2. The van der Waals surface area contributed by atoms with E-state index in [1.165, 1.54) is 7.11 Å². The number of hydrogen-bond donors (Lipinski definition) is 1. The first-order valence-corrected chi connectivity index (χ1v) is 7.60. The van der Waals surface area contributed by atoms with E-state index in [9.17, 15) is 9.59 Å². The Morgan fingerprint density at radius 3 is 2.91 bits per heavy atom. The van der Waals surface area contributed by atoms with Gasteiger partial charge in [-0.1, -0.05) is 18.2 Å². The summed E-state index contributed by atoms with van der Waals surface area (Å²) in [5, 5.41) is 1.14. The maximum atomic E-state index is 12.8. The fourth-order valence-corrected chi connectivity index (χ4v) is 3.24. The third kappa shape index (κ3) is 2.36. The lowest BCUT2D eigenvalue weighted by atomic mass is 9.96. The number of aromatic nitrogens is 1. The predicted octanol–water partition coefficient (Wildman–Crippen LogP) is 2.22. The minimum Gasteiger partial charge on any atom is -0.469 e. The van der Waals surface area contributed by atoms with Gasteiger partial charge in [-0.2, -0.15) is 0 Å². The lowest BCUT2D eigenvalue weighted by molar-refractivity contribution is -0.144. The molecule has 1 aliphatic heterocycles. The minimum atomic E-state index is -0.489. The summed E-state index contributed by atoms with van der Waals surface area (Å²) in [5.74, 6) is -0.851. The fraction of sp³-hybridized carbons (Fsp3) is 0.412. The Morgan fingerprint density at radius 2 is 2.18 bits per heavy atom. The predicted molar refractivity (Wildman–Crippen MR) is 83.6 cm³/mol. The second-order valence-corrected chi connectivity index (χ2v) is 5.56. The Balaban J connectivity index is 2.11. The molecule has 0 aliphatic carbocycles. The van der Waals surface area contributed by atoms with E-state index in [4.69, 9.17) is 4.74 Å². The second kappa shape index (κ2) is 5.83. The van der Waals surface area contributed by atoms with Crippen LogP contribution < -0.4 is 0 Å². The van der Waals surface area contributed by atoms with Crippen LogP contribution in [0.3, 0.4) is 0 Å². The summed E-state index contributed by atoms with van der Waals surface area (Å²) in [6, 6.07) is 8.02. The molecule has 0 spiro atoms. The number of carbonyl (C=O) groups excluding carboxylic acids is 2. The van der Waals surface area contributed by atoms with Crippen LogP contribution in [0.2, 0.25) is 0 Å². The number of methoxy groups -OCH3 is 1. The van der Waals surface area contributed by atoms with Gasteiger partial charge in [0.2, 0.25) is 5.91 Å². The first kappa shape index (κ1) is 14.6. The van der Waals surface area contributed by atoms with Crippen molar-refractivity contribution in [3.8, 4) is 0 Å². The number of nitrogens with one attached hydrogen (secondary N) is 1. The molecule has 1 atom stereocenters. The highest BCUT2D eigenvalue weighted by Gasteiger charge is 2.34. The van der Waals surface area contributed by atoms with E-state index in [0.29, 0.717) is 13.1 Å².